The first kappa shape index (κ1) is 20.1. The highest BCUT2D eigenvalue weighted by atomic mass is 19.1. The smallest absolute Gasteiger partial charge is 0.255 e. The lowest BCUT2D eigenvalue weighted by Gasteiger charge is -2.10. The van der Waals surface area contributed by atoms with Crippen molar-refractivity contribution in [3.05, 3.63) is 95.3 Å². The molecule has 0 aliphatic heterocycles. The molecular weight excluding hydrogens is 404 g/mol. The third-order valence-corrected chi connectivity index (χ3v) is 4.47. The van der Waals surface area contributed by atoms with E-state index in [0.29, 0.717) is 22.8 Å². The fourth-order valence-electron chi connectivity index (χ4n) is 2.88. The van der Waals surface area contributed by atoms with Gasteiger partial charge in [-0.25, -0.2) is 8.78 Å². The molecule has 0 spiro atoms. The van der Waals surface area contributed by atoms with Crippen molar-refractivity contribution < 1.29 is 18.3 Å². The Hall–Kier alpha value is -4.14. The number of rotatable bonds is 6. The van der Waals surface area contributed by atoms with E-state index in [2.05, 4.69) is 20.8 Å². The van der Waals surface area contributed by atoms with Crippen molar-refractivity contribution in [2.45, 2.75) is 13.5 Å². The molecule has 1 amide bonds. The molecule has 0 atom stereocenters. The van der Waals surface area contributed by atoms with Crippen LogP contribution in [-0.2, 0) is 6.61 Å². The molecule has 1 heterocycles. The van der Waals surface area contributed by atoms with Crippen LogP contribution in [0.4, 0.5) is 14.5 Å². The Labute approximate surface area is 176 Å². The van der Waals surface area contributed by atoms with E-state index in [0.717, 1.165) is 5.56 Å². The van der Waals surface area contributed by atoms with Crippen molar-refractivity contribution in [1.29, 1.82) is 0 Å². The van der Waals surface area contributed by atoms with Crippen LogP contribution in [0.1, 0.15) is 21.7 Å². The first-order chi connectivity index (χ1) is 15.0. The number of carbonyl (C=O) groups is 1. The molecule has 0 unspecified atom stereocenters. The van der Waals surface area contributed by atoms with Gasteiger partial charge in [0.25, 0.3) is 5.91 Å². The highest BCUT2D eigenvalue weighted by Gasteiger charge is 2.13. The van der Waals surface area contributed by atoms with Crippen molar-refractivity contribution >= 4 is 11.6 Å². The molecule has 0 bridgehead atoms. The minimum atomic E-state index is -0.524. The maximum Gasteiger partial charge on any atom is 0.255 e. The predicted molar refractivity (Wildman–Crippen MR) is 109 cm³/mol. The maximum atomic E-state index is 14.2. The molecule has 31 heavy (non-hydrogen) atoms. The Balaban J connectivity index is 1.47. The Bertz CT molecular complexity index is 1220. The van der Waals surface area contributed by atoms with E-state index in [9.17, 15) is 13.6 Å². The van der Waals surface area contributed by atoms with Gasteiger partial charge in [0.2, 0.25) is 0 Å². The average Bonchev–Trinajstić information content (AvgIpc) is 3.20. The zero-order chi connectivity index (χ0) is 21.8. The van der Waals surface area contributed by atoms with E-state index in [-0.39, 0.29) is 18.1 Å². The standard InChI is InChI=1S/C22H17F2N5O2/c1-14-26-27-28-29(14)21-12-18(9-10-20(21)24)25-22(30)16-3-2-4-19(11-16)31-13-15-5-7-17(23)8-6-15/h2-12H,13H2,1H3,(H,25,30). The summed E-state index contributed by atoms with van der Waals surface area (Å²) in [6.07, 6.45) is 0. The van der Waals surface area contributed by atoms with Gasteiger partial charge in [-0.1, -0.05) is 18.2 Å². The number of hydrogen-bond acceptors (Lipinski definition) is 5. The van der Waals surface area contributed by atoms with Gasteiger partial charge >= 0.3 is 0 Å². The van der Waals surface area contributed by atoms with Crippen LogP contribution in [0.25, 0.3) is 5.69 Å². The number of ether oxygens (including phenoxy) is 1. The number of nitrogens with one attached hydrogen (secondary N) is 1. The molecule has 3 aromatic carbocycles. The fourth-order valence-corrected chi connectivity index (χ4v) is 2.88. The number of tetrazole rings is 1. The van der Waals surface area contributed by atoms with Gasteiger partial charge in [-0.05, 0) is 71.4 Å². The molecule has 9 heteroatoms. The number of carbonyl (C=O) groups excluding carboxylic acids is 1. The second kappa shape index (κ2) is 8.70. The molecule has 0 saturated carbocycles. The molecule has 4 rings (SSSR count). The summed E-state index contributed by atoms with van der Waals surface area (Å²) >= 11 is 0. The number of aryl methyl sites for hydroxylation is 1. The Morgan fingerprint density at radius 2 is 1.87 bits per heavy atom. The summed E-state index contributed by atoms with van der Waals surface area (Å²) in [4.78, 5) is 12.7. The minimum absolute atomic E-state index is 0.122. The molecule has 0 aliphatic rings. The van der Waals surface area contributed by atoms with Gasteiger partial charge in [0.15, 0.2) is 5.82 Å². The lowest BCUT2D eigenvalue weighted by Crippen LogP contribution is -2.13. The Morgan fingerprint density at radius 1 is 1.06 bits per heavy atom. The van der Waals surface area contributed by atoms with E-state index in [1.54, 1.807) is 43.3 Å². The summed E-state index contributed by atoms with van der Waals surface area (Å²) in [5.74, 6) is -0.334. The lowest BCUT2D eigenvalue weighted by atomic mass is 10.2. The van der Waals surface area contributed by atoms with Gasteiger partial charge in [0, 0.05) is 11.3 Å². The van der Waals surface area contributed by atoms with Crippen molar-refractivity contribution in [2.75, 3.05) is 5.32 Å². The molecular formula is C22H17F2N5O2. The largest absolute Gasteiger partial charge is 0.489 e. The van der Waals surface area contributed by atoms with Crippen molar-refractivity contribution in [3.8, 4) is 11.4 Å². The number of hydrogen-bond donors (Lipinski definition) is 1. The van der Waals surface area contributed by atoms with Gasteiger partial charge < -0.3 is 10.1 Å². The number of anilines is 1. The quantitative estimate of drug-likeness (QED) is 0.507. The first-order valence-electron chi connectivity index (χ1n) is 9.33. The van der Waals surface area contributed by atoms with Gasteiger partial charge in [0.1, 0.15) is 29.7 Å². The first-order valence-corrected chi connectivity index (χ1v) is 9.33. The molecule has 0 fully saturated rings. The number of halogens is 2. The Kier molecular flexibility index (Phi) is 5.65. The normalized spacial score (nSPS) is 10.7. The third-order valence-electron chi connectivity index (χ3n) is 4.47. The number of nitrogens with zero attached hydrogens (tertiary/aromatic N) is 4. The van der Waals surface area contributed by atoms with Gasteiger partial charge in [-0.3, -0.25) is 4.79 Å². The topological polar surface area (TPSA) is 81.9 Å². The second-order valence-corrected chi connectivity index (χ2v) is 6.70. The van der Waals surface area contributed by atoms with E-state index in [1.807, 2.05) is 0 Å². The zero-order valence-corrected chi connectivity index (χ0v) is 16.4. The van der Waals surface area contributed by atoms with Crippen LogP contribution in [0, 0.1) is 18.6 Å². The van der Waals surface area contributed by atoms with E-state index < -0.39 is 11.7 Å². The lowest BCUT2D eigenvalue weighted by molar-refractivity contribution is 0.102. The molecule has 1 N–H and O–H groups in total. The van der Waals surface area contributed by atoms with Gasteiger partial charge in [-0.15, -0.1) is 5.10 Å². The van der Waals surface area contributed by atoms with Crippen LogP contribution in [0.15, 0.2) is 66.7 Å². The van der Waals surface area contributed by atoms with E-state index >= 15 is 0 Å². The molecule has 7 nitrogen and oxygen atoms in total. The third kappa shape index (κ3) is 4.72. The highest BCUT2D eigenvalue weighted by Crippen LogP contribution is 2.21. The molecule has 0 saturated heterocycles. The van der Waals surface area contributed by atoms with Crippen LogP contribution in [0.3, 0.4) is 0 Å². The molecule has 156 valence electrons. The van der Waals surface area contributed by atoms with Gasteiger partial charge in [0.05, 0.1) is 0 Å². The summed E-state index contributed by atoms with van der Waals surface area (Å²) in [7, 11) is 0. The van der Waals surface area contributed by atoms with Gasteiger partial charge in [-0.2, -0.15) is 4.68 Å². The van der Waals surface area contributed by atoms with Crippen molar-refractivity contribution in [1.82, 2.24) is 20.2 Å². The van der Waals surface area contributed by atoms with Crippen LogP contribution in [0.5, 0.6) is 5.75 Å². The van der Waals surface area contributed by atoms with Crippen LogP contribution < -0.4 is 10.1 Å². The van der Waals surface area contributed by atoms with Crippen molar-refractivity contribution in [2.24, 2.45) is 0 Å². The predicted octanol–water partition coefficient (Wildman–Crippen LogP) is 4.08. The van der Waals surface area contributed by atoms with Crippen LogP contribution in [0.2, 0.25) is 0 Å². The summed E-state index contributed by atoms with van der Waals surface area (Å²) in [6.45, 7) is 1.88. The maximum absolute atomic E-state index is 14.2. The van der Waals surface area contributed by atoms with Crippen LogP contribution >= 0.6 is 0 Å². The summed E-state index contributed by atoms with van der Waals surface area (Å²) in [6, 6.07) is 16.7. The van der Waals surface area contributed by atoms with Crippen LogP contribution in [-0.4, -0.2) is 26.1 Å². The summed E-state index contributed by atoms with van der Waals surface area (Å²) in [5.41, 5.74) is 1.67. The fraction of sp³-hybridized carbons (Fsp3) is 0.0909. The summed E-state index contributed by atoms with van der Waals surface area (Å²) in [5, 5.41) is 13.7. The van der Waals surface area contributed by atoms with Crippen molar-refractivity contribution in [3.63, 3.8) is 0 Å². The SMILES string of the molecule is Cc1nnnn1-c1cc(NC(=O)c2cccc(OCc3ccc(F)cc3)c2)ccc1F. The highest BCUT2D eigenvalue weighted by molar-refractivity contribution is 6.04. The number of benzene rings is 3. The molecule has 4 aromatic rings. The number of aromatic nitrogens is 4. The van der Waals surface area contributed by atoms with E-state index in [4.69, 9.17) is 4.74 Å². The molecule has 0 radical (unpaired) electrons. The Morgan fingerprint density at radius 3 is 2.61 bits per heavy atom. The minimum Gasteiger partial charge on any atom is -0.489 e. The zero-order valence-electron chi connectivity index (χ0n) is 16.4. The molecule has 0 aliphatic carbocycles. The summed E-state index contributed by atoms with van der Waals surface area (Å²) < 4.78 is 34.1. The molecule has 1 aromatic heterocycles. The second-order valence-electron chi connectivity index (χ2n) is 6.70. The monoisotopic (exact) mass is 421 g/mol. The number of amides is 1. The average molecular weight is 421 g/mol. The van der Waals surface area contributed by atoms with E-state index in [1.165, 1.54) is 35.0 Å².